The molecule has 1 heterocycles. The van der Waals surface area contributed by atoms with Gasteiger partial charge in [0.05, 0.1) is 20.1 Å². The van der Waals surface area contributed by atoms with Crippen molar-refractivity contribution < 1.29 is 21.9 Å². The summed E-state index contributed by atoms with van der Waals surface area (Å²) in [5, 5.41) is 8.89. The molecule has 3 aromatic carbocycles. The molecule has 0 spiro atoms. The second kappa shape index (κ2) is 12.5. The fraction of sp³-hybridized carbons (Fsp3) is 0.308. The summed E-state index contributed by atoms with van der Waals surface area (Å²) in [5.41, 5.74) is 2.80. The molecule has 1 aliphatic rings. The largest absolute Gasteiger partial charge is 0.505 e. The van der Waals surface area contributed by atoms with E-state index in [1.165, 1.54) is 23.3 Å². The molecule has 0 fully saturated rings. The normalized spacial score (nSPS) is 14.7. The van der Waals surface area contributed by atoms with Crippen LogP contribution < -0.4 is 8.91 Å². The van der Waals surface area contributed by atoms with E-state index in [4.69, 9.17) is 50.6 Å². The average Bonchev–Trinajstić information content (AvgIpc) is 2.88. The van der Waals surface area contributed by atoms with E-state index in [0.717, 1.165) is 51.0 Å². The van der Waals surface area contributed by atoms with Crippen LogP contribution in [0.1, 0.15) is 24.0 Å². The lowest BCUT2D eigenvalue weighted by atomic mass is 10.00. The molecule has 3 aromatic rings. The van der Waals surface area contributed by atoms with Crippen LogP contribution in [-0.4, -0.2) is 48.5 Å². The van der Waals surface area contributed by atoms with Crippen LogP contribution in [0.5, 0.6) is 11.5 Å². The molecule has 212 valence electrons. The van der Waals surface area contributed by atoms with Gasteiger partial charge in [0.2, 0.25) is 0 Å². The van der Waals surface area contributed by atoms with Crippen LogP contribution in [0, 0.1) is 0 Å². The van der Waals surface area contributed by atoms with E-state index in [0.29, 0.717) is 11.4 Å². The van der Waals surface area contributed by atoms with Crippen molar-refractivity contribution in [2.45, 2.75) is 35.6 Å². The summed E-state index contributed by atoms with van der Waals surface area (Å²) in [5.74, 6) is -0.785. The third-order valence-electron chi connectivity index (χ3n) is 6.47. The molecule has 0 aromatic heterocycles. The van der Waals surface area contributed by atoms with E-state index in [1.807, 2.05) is 0 Å². The highest BCUT2D eigenvalue weighted by atomic mass is 35.5. The molecule has 2 N–H and O–H groups in total. The summed E-state index contributed by atoms with van der Waals surface area (Å²) >= 11 is 24.3. The molecular formula is C26H28Cl4N2O5S2. The van der Waals surface area contributed by atoms with Gasteiger partial charge in [0.15, 0.2) is 11.5 Å². The quantitative estimate of drug-likeness (QED) is 0.139. The number of hydrogen-bond donors (Lipinski definition) is 3. The molecular weight excluding hydrogens is 626 g/mol. The number of rotatable bonds is 10. The number of nitrogens with one attached hydrogen (secondary N) is 1. The summed E-state index contributed by atoms with van der Waals surface area (Å²) in [6, 6.07) is 13.2. The Labute approximate surface area is 249 Å². The fourth-order valence-electron chi connectivity index (χ4n) is 4.31. The maximum absolute atomic E-state index is 13.4. The molecule has 13 heteroatoms. The van der Waals surface area contributed by atoms with Gasteiger partial charge in [0, 0.05) is 30.8 Å². The number of aromatic hydroxyl groups is 1. The zero-order chi connectivity index (χ0) is 28.4. The van der Waals surface area contributed by atoms with Crippen molar-refractivity contribution in [3.05, 3.63) is 79.7 Å². The first kappa shape index (κ1) is 30.4. The minimum Gasteiger partial charge on any atom is -0.505 e. The van der Waals surface area contributed by atoms with E-state index in [1.54, 1.807) is 6.26 Å². The van der Waals surface area contributed by atoms with Gasteiger partial charge in [-0.15, -0.1) is 0 Å². The van der Waals surface area contributed by atoms with Crippen LogP contribution in [0.3, 0.4) is 0 Å². The van der Waals surface area contributed by atoms with Crippen LogP contribution in [0.25, 0.3) is 0 Å². The Balaban J connectivity index is 1.35. The Morgan fingerprint density at radius 3 is 2.23 bits per heavy atom. The van der Waals surface area contributed by atoms with Gasteiger partial charge in [-0.1, -0.05) is 70.7 Å². The van der Waals surface area contributed by atoms with Crippen LogP contribution in [-0.2, 0) is 33.2 Å². The van der Waals surface area contributed by atoms with Crippen LogP contribution in [0.15, 0.2) is 58.3 Å². The maximum atomic E-state index is 13.4. The van der Waals surface area contributed by atoms with Crippen LogP contribution in [0.4, 0.5) is 0 Å². The molecule has 0 unspecified atom stereocenters. The lowest BCUT2D eigenvalue weighted by molar-refractivity contribution is 0.249. The summed E-state index contributed by atoms with van der Waals surface area (Å²) in [6.07, 6.45) is 4.40. The van der Waals surface area contributed by atoms with E-state index in [9.17, 15) is 17.7 Å². The number of unbranched alkanes of at least 4 members (excludes halogenated alkanes) is 1. The minimum absolute atomic E-state index is 0.133. The smallest absolute Gasteiger partial charge is 0.339 e. The molecule has 0 atom stereocenters. The molecule has 4 rings (SSSR count). The highest BCUT2D eigenvalue weighted by Gasteiger charge is 2.25. The minimum atomic E-state index is -4.45. The second-order valence-corrected chi connectivity index (χ2v) is 15.2. The molecule has 0 amide bonds. The van der Waals surface area contributed by atoms with Crippen molar-refractivity contribution in [2.75, 3.05) is 25.9 Å². The van der Waals surface area contributed by atoms with Crippen molar-refractivity contribution >= 4 is 66.6 Å². The Kier molecular flexibility index (Phi) is 9.77. The van der Waals surface area contributed by atoms with Crippen LogP contribution >= 0.6 is 46.4 Å². The Bertz CT molecular complexity index is 1490. The van der Waals surface area contributed by atoms with E-state index >= 15 is 0 Å². The molecule has 0 saturated carbocycles. The number of phenolic OH excluding ortho intramolecular Hbond substituents is 1. The van der Waals surface area contributed by atoms with Crippen molar-refractivity contribution in [3.8, 4) is 11.5 Å². The van der Waals surface area contributed by atoms with Crippen molar-refractivity contribution in [1.29, 1.82) is 0 Å². The van der Waals surface area contributed by atoms with Gasteiger partial charge in [-0.25, -0.2) is 0 Å². The maximum Gasteiger partial charge on any atom is 0.339 e. The summed E-state index contributed by atoms with van der Waals surface area (Å²) in [6.45, 7) is 3.47. The summed E-state index contributed by atoms with van der Waals surface area (Å²) in [7, 11) is -7.52. The number of thiol groups is 1. The van der Waals surface area contributed by atoms with Crippen molar-refractivity contribution in [2.24, 2.45) is 0 Å². The monoisotopic (exact) mass is 652 g/mol. The van der Waals surface area contributed by atoms with E-state index < -0.39 is 30.9 Å². The van der Waals surface area contributed by atoms with E-state index in [-0.39, 0.29) is 25.8 Å². The van der Waals surface area contributed by atoms with Crippen LogP contribution in [0.2, 0.25) is 20.1 Å². The Morgan fingerprint density at radius 2 is 1.59 bits per heavy atom. The molecule has 0 radical (unpaired) electrons. The van der Waals surface area contributed by atoms with Gasteiger partial charge in [-0.05, 0) is 71.3 Å². The summed E-state index contributed by atoms with van der Waals surface area (Å²) < 4.78 is 47.2. The predicted octanol–water partition coefficient (Wildman–Crippen LogP) is 6.12. The zero-order valence-corrected chi connectivity index (χ0v) is 25.7. The molecule has 0 saturated heterocycles. The highest BCUT2D eigenvalue weighted by molar-refractivity contribution is 8.00. The van der Waals surface area contributed by atoms with Gasteiger partial charge < -0.3 is 9.29 Å². The standard InChI is InChI=1S/C26H28Cl4N2O5S2/c1-38(34,31-9-4-5-10-32-11-8-17-6-2-3-7-18(17)16-32)19-12-23(29)26(24(30)13-19)37-39(35,36)20-14-21(27)25(33)22(28)15-20/h2-3,6-7,12-15,33,38H,4-5,8-11,16H2,1H3,(H,31,34). The number of fused-ring (bicyclic) bond motifs is 1. The lowest BCUT2D eigenvalue weighted by Crippen LogP contribution is -2.33. The van der Waals surface area contributed by atoms with Gasteiger partial charge in [0.1, 0.15) is 4.90 Å². The SMILES string of the molecule is C[SH](=O)(NCCCCN1CCc2ccccc2C1)c1cc(Cl)c(OS(=O)(=O)c2cc(Cl)c(O)c(Cl)c2)c(Cl)c1. The number of nitrogens with zero attached hydrogens (tertiary/aromatic N) is 1. The topological polar surface area (TPSA) is 95.9 Å². The predicted molar refractivity (Wildman–Crippen MR) is 159 cm³/mol. The third-order valence-corrected chi connectivity index (χ3v) is 10.9. The van der Waals surface area contributed by atoms with Crippen molar-refractivity contribution in [1.82, 2.24) is 9.62 Å². The van der Waals surface area contributed by atoms with Gasteiger partial charge in [-0.2, -0.15) is 8.42 Å². The molecule has 1 aliphatic heterocycles. The first-order valence-corrected chi connectivity index (χ1v) is 17.2. The average molecular weight is 654 g/mol. The summed E-state index contributed by atoms with van der Waals surface area (Å²) in [4.78, 5) is 2.37. The van der Waals surface area contributed by atoms with E-state index in [2.05, 4.69) is 33.9 Å². The number of halogens is 4. The fourth-order valence-corrected chi connectivity index (χ4v) is 8.27. The number of hydrogen-bond acceptors (Lipinski definition) is 6. The van der Waals surface area contributed by atoms with Gasteiger partial charge in [0.25, 0.3) is 0 Å². The Hall–Kier alpha value is -1.56. The lowest BCUT2D eigenvalue weighted by Gasteiger charge is -2.28. The molecule has 39 heavy (non-hydrogen) atoms. The van der Waals surface area contributed by atoms with Gasteiger partial charge >= 0.3 is 10.1 Å². The first-order valence-electron chi connectivity index (χ1n) is 12.1. The Morgan fingerprint density at radius 1 is 0.974 bits per heavy atom. The highest BCUT2D eigenvalue weighted by Crippen LogP contribution is 2.40. The molecule has 0 aliphatic carbocycles. The first-order chi connectivity index (χ1) is 18.4. The third kappa shape index (κ3) is 7.40. The van der Waals surface area contributed by atoms with Crippen molar-refractivity contribution in [3.63, 3.8) is 0 Å². The van der Waals surface area contributed by atoms with Gasteiger partial charge in [-0.3, -0.25) is 13.8 Å². The second-order valence-electron chi connectivity index (χ2n) is 9.35. The number of phenols is 1. The molecule has 0 bridgehead atoms. The zero-order valence-electron chi connectivity index (χ0n) is 21.0. The number of benzene rings is 3. The molecule has 7 nitrogen and oxygen atoms in total.